The summed E-state index contributed by atoms with van der Waals surface area (Å²) in [6, 6.07) is 0. The first-order valence-electron chi connectivity index (χ1n) is 20.1. The van der Waals surface area contributed by atoms with Gasteiger partial charge in [0.05, 0.1) is 0 Å². The van der Waals surface area contributed by atoms with Crippen molar-refractivity contribution in [1.29, 1.82) is 0 Å². The molecule has 49 heavy (non-hydrogen) atoms. The van der Waals surface area contributed by atoms with Crippen molar-refractivity contribution in [2.75, 3.05) is 0 Å². The van der Waals surface area contributed by atoms with Crippen molar-refractivity contribution >= 4 is 11.9 Å². The predicted octanol–water partition coefficient (Wildman–Crippen LogP) is 13.0. The van der Waals surface area contributed by atoms with Crippen LogP contribution in [0.25, 0.3) is 0 Å². The van der Waals surface area contributed by atoms with Crippen LogP contribution in [0.3, 0.4) is 0 Å². The van der Waals surface area contributed by atoms with Gasteiger partial charge in [0.2, 0.25) is 0 Å². The van der Waals surface area contributed by atoms with Crippen molar-refractivity contribution < 1.29 is 51.7 Å². The van der Waals surface area contributed by atoms with E-state index in [4.69, 9.17) is 20.4 Å². The summed E-state index contributed by atoms with van der Waals surface area (Å²) in [5.41, 5.74) is 0. The van der Waals surface area contributed by atoms with E-state index in [9.17, 15) is 9.59 Å². The van der Waals surface area contributed by atoms with Gasteiger partial charge in [0.15, 0.2) is 0 Å². The smallest absolute Gasteiger partial charge is 0.303 e. The van der Waals surface area contributed by atoms with Gasteiger partial charge >= 0.3 is 11.9 Å². The fraction of sp³-hybridized carbons (Fsp3) is 0.857. The van der Waals surface area contributed by atoms with Gasteiger partial charge in [-0.05, 0) is 91.9 Å². The Kier molecular flexibility index (Phi) is 63.1. The number of carboxylic acids is 2. The summed E-state index contributed by atoms with van der Waals surface area (Å²) in [6.07, 6.45) is 42.1. The molecule has 0 aromatic heterocycles. The molecule has 0 atom stereocenters. The molecule has 0 amide bonds. The third-order valence-corrected chi connectivity index (χ3v) is 7.30. The molecule has 0 unspecified atom stereocenters. The molecule has 0 aromatic carbocycles. The molecule has 0 aromatic rings. The Labute approximate surface area is 320 Å². The normalized spacial score (nSPS) is 10.7. The number of aliphatic carboxylic acids is 2. The number of unbranched alkanes of at least 4 members (excludes halogenated alkanes) is 22. The van der Waals surface area contributed by atoms with E-state index in [1.165, 1.54) is 141 Å². The topological polar surface area (TPSA) is 115 Å². The zero-order valence-electron chi connectivity index (χ0n) is 33.4. The van der Waals surface area contributed by atoms with Gasteiger partial charge in [-0.2, -0.15) is 0 Å². The Morgan fingerprint density at radius 2 is 0.592 bits per heavy atom. The van der Waals surface area contributed by atoms with Gasteiger partial charge in [0.25, 0.3) is 0 Å². The van der Waals surface area contributed by atoms with E-state index >= 15 is 0 Å². The van der Waals surface area contributed by atoms with Crippen LogP contribution in [0, 0.1) is 0 Å². The van der Waals surface area contributed by atoms with E-state index in [-0.39, 0.29) is 33.9 Å². The van der Waals surface area contributed by atoms with Gasteiger partial charge in [-0.25, -0.2) is 0 Å². The van der Waals surface area contributed by atoms with E-state index in [1.54, 1.807) is 27.7 Å². The second kappa shape index (κ2) is 53.8. The molecular formula is C42H84O6Ti. The van der Waals surface area contributed by atoms with Gasteiger partial charge in [-0.15, -0.1) is 0 Å². The number of hydrogen-bond donors (Lipinski definition) is 4. The summed E-state index contributed by atoms with van der Waals surface area (Å²) in [5, 5.41) is 33.1. The van der Waals surface area contributed by atoms with E-state index in [0.717, 1.165) is 25.7 Å². The molecule has 292 valence electrons. The Morgan fingerprint density at radius 1 is 0.408 bits per heavy atom. The first kappa shape index (κ1) is 57.4. The number of allylic oxidation sites excluding steroid dienone is 4. The monoisotopic (exact) mass is 733 g/mol. The molecule has 0 aliphatic rings. The van der Waals surface area contributed by atoms with Gasteiger partial charge in [-0.3, -0.25) is 9.59 Å². The maximum Gasteiger partial charge on any atom is 0.303 e. The van der Waals surface area contributed by atoms with Gasteiger partial charge in [0.1, 0.15) is 0 Å². The largest absolute Gasteiger partial charge is 0.481 e. The van der Waals surface area contributed by atoms with E-state index in [1.807, 2.05) is 0 Å². The number of rotatable bonds is 30. The Hall–Kier alpha value is -0.946. The number of carbonyl (C=O) groups is 2. The summed E-state index contributed by atoms with van der Waals surface area (Å²) in [7, 11) is 0. The standard InChI is InChI=1S/2C18H34O2.2C3H8O.Ti/c2*1-2-3-4-5-6-7-8-9-10-11-12-13-14-15-16-17-18(19)20;2*1-3(2)4;/h2*9-10H,2-8,11-17H2,1H3,(H,19,20);2*3-4H,1-2H3;/b2*10-9+;;;. The van der Waals surface area contributed by atoms with Crippen LogP contribution < -0.4 is 0 Å². The first-order valence-corrected chi connectivity index (χ1v) is 20.1. The Balaban J connectivity index is -0.000000212. The van der Waals surface area contributed by atoms with Crippen LogP contribution in [-0.2, 0) is 31.3 Å². The molecule has 4 N–H and O–H groups in total. The third kappa shape index (κ3) is 87.4. The molecule has 7 heteroatoms. The summed E-state index contributed by atoms with van der Waals surface area (Å²) in [4.78, 5) is 20.6. The van der Waals surface area contributed by atoms with Crippen LogP contribution >= 0.6 is 0 Å². The van der Waals surface area contributed by atoms with Crippen molar-refractivity contribution in [3.05, 3.63) is 24.3 Å². The summed E-state index contributed by atoms with van der Waals surface area (Å²) in [5.74, 6) is -1.33. The third-order valence-electron chi connectivity index (χ3n) is 7.30. The fourth-order valence-corrected chi connectivity index (χ4v) is 4.69. The van der Waals surface area contributed by atoms with E-state index in [2.05, 4.69) is 38.2 Å². The van der Waals surface area contributed by atoms with Crippen molar-refractivity contribution in [3.63, 3.8) is 0 Å². The van der Waals surface area contributed by atoms with Crippen molar-refractivity contribution in [1.82, 2.24) is 0 Å². The zero-order valence-corrected chi connectivity index (χ0v) is 34.9. The van der Waals surface area contributed by atoms with Crippen molar-refractivity contribution in [2.24, 2.45) is 0 Å². The van der Waals surface area contributed by atoms with Gasteiger partial charge in [0, 0.05) is 46.8 Å². The molecule has 0 fully saturated rings. The quantitative estimate of drug-likeness (QED) is 0.0332. The van der Waals surface area contributed by atoms with Gasteiger partial charge < -0.3 is 20.4 Å². The molecule has 0 rings (SSSR count). The number of aliphatic hydroxyl groups is 2. The van der Waals surface area contributed by atoms with Crippen LogP contribution in [0.1, 0.15) is 221 Å². The van der Waals surface area contributed by atoms with Crippen LogP contribution in [-0.4, -0.2) is 44.6 Å². The summed E-state index contributed by atoms with van der Waals surface area (Å²) >= 11 is 0. The second-order valence-electron chi connectivity index (χ2n) is 13.6. The number of carboxylic acid groups (broad SMARTS) is 2. The van der Waals surface area contributed by atoms with Crippen LogP contribution in [0.4, 0.5) is 0 Å². The molecule has 0 bridgehead atoms. The Morgan fingerprint density at radius 3 is 0.796 bits per heavy atom. The zero-order chi connectivity index (χ0) is 36.9. The molecule has 0 heterocycles. The maximum atomic E-state index is 10.3. The number of aliphatic hydroxyl groups excluding tert-OH is 2. The molecule has 6 nitrogen and oxygen atoms in total. The fourth-order valence-electron chi connectivity index (χ4n) is 4.69. The molecule has 0 radical (unpaired) electrons. The second-order valence-corrected chi connectivity index (χ2v) is 13.6. The minimum Gasteiger partial charge on any atom is -0.481 e. The molecular weight excluding hydrogens is 648 g/mol. The Bertz CT molecular complexity index is 602. The minimum atomic E-state index is -0.664. The average Bonchev–Trinajstić information content (AvgIpc) is 3.00. The van der Waals surface area contributed by atoms with Crippen molar-refractivity contribution in [2.45, 2.75) is 234 Å². The average molecular weight is 733 g/mol. The summed E-state index contributed by atoms with van der Waals surface area (Å²) < 4.78 is 0. The van der Waals surface area contributed by atoms with Crippen LogP contribution in [0.2, 0.25) is 0 Å². The molecule has 0 saturated heterocycles. The van der Waals surface area contributed by atoms with E-state index in [0.29, 0.717) is 12.8 Å². The van der Waals surface area contributed by atoms with Crippen LogP contribution in [0.5, 0.6) is 0 Å². The van der Waals surface area contributed by atoms with Crippen molar-refractivity contribution in [3.8, 4) is 0 Å². The molecule has 0 spiro atoms. The maximum absolute atomic E-state index is 10.3. The minimum absolute atomic E-state index is 0. The number of hydrogen-bond acceptors (Lipinski definition) is 4. The van der Waals surface area contributed by atoms with E-state index < -0.39 is 11.9 Å². The molecule has 0 aliphatic carbocycles. The van der Waals surface area contributed by atoms with Gasteiger partial charge in [-0.1, -0.05) is 141 Å². The first-order chi connectivity index (χ1) is 23.0. The van der Waals surface area contributed by atoms with Crippen LogP contribution in [0.15, 0.2) is 24.3 Å². The predicted molar refractivity (Wildman–Crippen MR) is 209 cm³/mol. The molecule has 0 saturated carbocycles. The SMILES string of the molecule is CC(C)O.CC(C)O.CCCCCCCC/C=C/CCCCCCCC(=O)O.CCCCCCCC/C=C/CCCCCCCC(=O)O.[Ti]. The summed E-state index contributed by atoms with van der Waals surface area (Å²) in [6.45, 7) is 11.4. The molecule has 0 aliphatic heterocycles.